The highest BCUT2D eigenvalue weighted by molar-refractivity contribution is 5.81. The minimum Gasteiger partial charge on any atom is -0.497 e. The second-order valence-electron chi connectivity index (χ2n) is 5.97. The smallest absolute Gasteiger partial charge is 0.331 e. The van der Waals surface area contributed by atoms with Gasteiger partial charge in [0.1, 0.15) is 11.9 Å². The summed E-state index contributed by atoms with van der Waals surface area (Å²) in [4.78, 5) is 24.7. The number of methoxy groups -OCH3 is 1. The molecule has 150 valence electrons. The first-order chi connectivity index (χ1) is 13.4. The van der Waals surface area contributed by atoms with Crippen LogP contribution in [-0.4, -0.2) is 42.3 Å². The van der Waals surface area contributed by atoms with Crippen LogP contribution in [0.15, 0.2) is 48.5 Å². The number of hydrogen-bond donors (Lipinski definition) is 1. The van der Waals surface area contributed by atoms with Gasteiger partial charge in [-0.1, -0.05) is 0 Å². The summed E-state index contributed by atoms with van der Waals surface area (Å²) in [6.07, 6.45) is -1.23. The van der Waals surface area contributed by atoms with Gasteiger partial charge in [-0.05, 0) is 55.8 Å². The molecule has 0 aliphatic rings. The molecule has 0 saturated carbocycles. The first kappa shape index (κ1) is 21.2. The number of esters is 1. The monoisotopic (exact) mass is 388 g/mol. The first-order valence-electron chi connectivity index (χ1n) is 8.92. The van der Waals surface area contributed by atoms with E-state index in [0.717, 1.165) is 0 Å². The lowest BCUT2D eigenvalue weighted by atomic mass is 9.99. The average Bonchev–Trinajstić information content (AvgIpc) is 2.71. The third kappa shape index (κ3) is 4.77. The van der Waals surface area contributed by atoms with Crippen molar-refractivity contribution in [3.63, 3.8) is 0 Å². The van der Waals surface area contributed by atoms with Crippen LogP contribution in [0.2, 0.25) is 0 Å². The molecule has 2 aromatic rings. The molecule has 1 N–H and O–H groups in total. The number of benzene rings is 2. The number of nitro benzene ring substituents is 1. The van der Waals surface area contributed by atoms with Gasteiger partial charge in [-0.3, -0.25) is 10.1 Å². The quantitative estimate of drug-likeness (QED) is 0.400. The molecular weight excluding hydrogens is 364 g/mol. The number of ether oxygens (including phenoxy) is 2. The van der Waals surface area contributed by atoms with Gasteiger partial charge >= 0.3 is 5.97 Å². The number of hydrogen-bond acceptors (Lipinski definition) is 7. The molecule has 2 rings (SSSR count). The molecule has 0 bridgehead atoms. The van der Waals surface area contributed by atoms with Crippen molar-refractivity contribution in [2.24, 2.45) is 0 Å². The van der Waals surface area contributed by atoms with Crippen LogP contribution in [0.1, 0.15) is 25.5 Å². The zero-order valence-electron chi connectivity index (χ0n) is 16.1. The highest BCUT2D eigenvalue weighted by Crippen LogP contribution is 2.29. The van der Waals surface area contributed by atoms with Crippen molar-refractivity contribution in [3.8, 4) is 5.75 Å². The predicted molar refractivity (Wildman–Crippen MR) is 104 cm³/mol. The van der Waals surface area contributed by atoms with Crippen LogP contribution in [0, 0.1) is 10.1 Å². The summed E-state index contributed by atoms with van der Waals surface area (Å²) in [5.74, 6) is 0.0921. The molecule has 2 aromatic carbocycles. The molecule has 0 radical (unpaired) electrons. The van der Waals surface area contributed by atoms with Crippen molar-refractivity contribution in [1.29, 1.82) is 0 Å². The Morgan fingerprint density at radius 3 is 2.21 bits per heavy atom. The van der Waals surface area contributed by atoms with Gasteiger partial charge in [-0.2, -0.15) is 0 Å². The van der Waals surface area contributed by atoms with E-state index >= 15 is 0 Å². The van der Waals surface area contributed by atoms with E-state index in [0.29, 0.717) is 23.5 Å². The molecule has 0 heterocycles. The Morgan fingerprint density at radius 1 is 1.14 bits per heavy atom. The number of likely N-dealkylation sites (N-methyl/N-ethyl adjacent to an activating group) is 1. The minimum absolute atomic E-state index is 0.0915. The topological polar surface area (TPSA) is 102 Å². The average molecular weight is 388 g/mol. The lowest BCUT2D eigenvalue weighted by molar-refractivity contribution is -0.384. The van der Waals surface area contributed by atoms with Gasteiger partial charge in [-0.25, -0.2) is 4.79 Å². The predicted octanol–water partition coefficient (Wildman–Crippen LogP) is 3.10. The van der Waals surface area contributed by atoms with Gasteiger partial charge in [0, 0.05) is 24.4 Å². The Bertz CT molecular complexity index is 791. The van der Waals surface area contributed by atoms with Crippen LogP contribution < -0.4 is 9.64 Å². The fourth-order valence-electron chi connectivity index (χ4n) is 2.94. The Morgan fingerprint density at radius 2 is 1.75 bits per heavy atom. The number of aliphatic hydroxyl groups excluding tert-OH is 1. The molecule has 0 aliphatic heterocycles. The van der Waals surface area contributed by atoms with Crippen LogP contribution in [0.5, 0.6) is 5.75 Å². The van der Waals surface area contributed by atoms with Crippen molar-refractivity contribution in [1.82, 2.24) is 0 Å². The highest BCUT2D eigenvalue weighted by Gasteiger charge is 2.35. The lowest BCUT2D eigenvalue weighted by Crippen LogP contribution is -2.46. The van der Waals surface area contributed by atoms with E-state index in [2.05, 4.69) is 0 Å². The van der Waals surface area contributed by atoms with Crippen molar-refractivity contribution in [3.05, 3.63) is 64.2 Å². The summed E-state index contributed by atoms with van der Waals surface area (Å²) in [5.41, 5.74) is 1.00. The van der Waals surface area contributed by atoms with Crippen LogP contribution >= 0.6 is 0 Å². The minimum atomic E-state index is -1.23. The maximum absolute atomic E-state index is 12.7. The number of non-ortho nitro benzene ring substituents is 1. The maximum atomic E-state index is 12.7. The molecule has 0 fully saturated rings. The van der Waals surface area contributed by atoms with Gasteiger partial charge in [0.15, 0.2) is 6.04 Å². The molecule has 0 amide bonds. The fourth-order valence-corrected chi connectivity index (χ4v) is 2.94. The van der Waals surface area contributed by atoms with Gasteiger partial charge in [-0.15, -0.1) is 0 Å². The largest absolute Gasteiger partial charge is 0.497 e. The van der Waals surface area contributed by atoms with Crippen molar-refractivity contribution in [2.75, 3.05) is 25.2 Å². The zero-order valence-corrected chi connectivity index (χ0v) is 16.1. The fraction of sp³-hybridized carbons (Fsp3) is 0.350. The second kappa shape index (κ2) is 9.70. The van der Waals surface area contributed by atoms with E-state index in [4.69, 9.17) is 9.47 Å². The Labute approximate surface area is 163 Å². The number of nitro groups is 1. The first-order valence-corrected chi connectivity index (χ1v) is 8.92. The van der Waals surface area contributed by atoms with E-state index in [9.17, 15) is 20.0 Å². The van der Waals surface area contributed by atoms with Crippen LogP contribution in [-0.2, 0) is 9.53 Å². The van der Waals surface area contributed by atoms with Gasteiger partial charge in [0.25, 0.3) is 5.69 Å². The summed E-state index contributed by atoms with van der Waals surface area (Å²) in [7, 11) is 1.56. The van der Waals surface area contributed by atoms with Gasteiger partial charge < -0.3 is 19.5 Å². The Balaban J connectivity index is 2.40. The third-order valence-electron chi connectivity index (χ3n) is 4.35. The van der Waals surface area contributed by atoms with Gasteiger partial charge in [0.2, 0.25) is 0 Å². The van der Waals surface area contributed by atoms with E-state index in [1.807, 2.05) is 6.92 Å². The normalized spacial score (nSPS) is 12.7. The maximum Gasteiger partial charge on any atom is 0.331 e. The molecule has 0 saturated heterocycles. The molecule has 0 aromatic heterocycles. The SMILES string of the molecule is CCOC(=O)C(C(O)c1ccc([N+](=O)[O-])cc1)N(CC)c1ccc(OC)cc1. The standard InChI is InChI=1S/C20H24N2O6/c1-4-21(15-10-12-17(27-3)13-11-15)18(20(24)28-5-2)19(23)14-6-8-16(9-7-14)22(25)26/h6-13,18-19,23H,4-5H2,1-3H3. The summed E-state index contributed by atoms with van der Waals surface area (Å²) in [6, 6.07) is 11.6. The second-order valence-corrected chi connectivity index (χ2v) is 5.97. The molecule has 8 nitrogen and oxygen atoms in total. The number of aliphatic hydroxyl groups is 1. The summed E-state index contributed by atoms with van der Waals surface area (Å²) < 4.78 is 10.3. The van der Waals surface area contributed by atoms with E-state index in [1.54, 1.807) is 43.2 Å². The van der Waals surface area contributed by atoms with E-state index < -0.39 is 23.0 Å². The third-order valence-corrected chi connectivity index (χ3v) is 4.35. The number of nitrogens with zero attached hydrogens (tertiary/aromatic N) is 2. The van der Waals surface area contributed by atoms with Crippen molar-refractivity contribution in [2.45, 2.75) is 26.0 Å². The Hall–Kier alpha value is -3.13. The molecule has 28 heavy (non-hydrogen) atoms. The van der Waals surface area contributed by atoms with E-state index in [1.165, 1.54) is 24.3 Å². The number of carbonyl (C=O) groups excluding carboxylic acids is 1. The van der Waals surface area contributed by atoms with Crippen molar-refractivity contribution >= 4 is 17.3 Å². The van der Waals surface area contributed by atoms with Crippen LogP contribution in [0.25, 0.3) is 0 Å². The summed E-state index contributed by atoms with van der Waals surface area (Å²) in [6.45, 7) is 4.15. The molecule has 2 unspecified atom stereocenters. The van der Waals surface area contributed by atoms with Crippen LogP contribution in [0.3, 0.4) is 0 Å². The lowest BCUT2D eigenvalue weighted by Gasteiger charge is -2.34. The molecular formula is C20H24N2O6. The summed E-state index contributed by atoms with van der Waals surface area (Å²) in [5, 5.41) is 21.8. The number of anilines is 1. The van der Waals surface area contributed by atoms with Gasteiger partial charge in [0.05, 0.1) is 18.6 Å². The molecule has 0 aliphatic carbocycles. The van der Waals surface area contributed by atoms with E-state index in [-0.39, 0.29) is 12.3 Å². The zero-order chi connectivity index (χ0) is 20.7. The number of carbonyl (C=O) groups is 1. The molecule has 8 heteroatoms. The summed E-state index contributed by atoms with van der Waals surface area (Å²) >= 11 is 0. The highest BCUT2D eigenvalue weighted by atomic mass is 16.6. The molecule has 2 atom stereocenters. The van der Waals surface area contributed by atoms with Crippen molar-refractivity contribution < 1.29 is 24.3 Å². The molecule has 0 spiro atoms. The van der Waals surface area contributed by atoms with Crippen LogP contribution in [0.4, 0.5) is 11.4 Å². The Kier molecular flexibility index (Phi) is 7.34. The number of rotatable bonds is 9.